The number of fused-ring (bicyclic) bond motifs is 1. The minimum atomic E-state index is -2.74. The molecule has 1 N–H and O–H groups in total. The Kier molecular flexibility index (Phi) is 3.56. The molecule has 106 valence electrons. The Labute approximate surface area is 125 Å². The topological polar surface area (TPSA) is 47.6 Å². The predicted molar refractivity (Wildman–Crippen MR) is 80.6 cm³/mol. The van der Waals surface area contributed by atoms with Gasteiger partial charge in [0.1, 0.15) is 0 Å². The van der Waals surface area contributed by atoms with E-state index in [-0.39, 0.29) is 15.2 Å². The fourth-order valence-electron chi connectivity index (χ4n) is 2.16. The molecule has 0 aliphatic carbocycles. The Morgan fingerprint density at radius 3 is 2.45 bits per heavy atom. The van der Waals surface area contributed by atoms with Crippen LogP contribution in [0.2, 0.25) is 0 Å². The zero-order chi connectivity index (χ0) is 14.2. The van der Waals surface area contributed by atoms with Crippen molar-refractivity contribution < 1.29 is 13.7 Å². The molecule has 1 aliphatic rings. The summed E-state index contributed by atoms with van der Waals surface area (Å²) in [6, 6.07) is 13.1. The first-order valence-corrected chi connectivity index (χ1v) is 9.47. The summed E-state index contributed by atoms with van der Waals surface area (Å²) in [4.78, 5) is 1.66. The van der Waals surface area contributed by atoms with Crippen molar-refractivity contribution >= 4 is 29.8 Å². The van der Waals surface area contributed by atoms with E-state index in [0.717, 1.165) is 25.8 Å². The van der Waals surface area contributed by atoms with Crippen LogP contribution in [0, 0.1) is 0 Å². The Balaban J connectivity index is 2.10. The minimum absolute atomic E-state index is 0.0443. The second kappa shape index (κ2) is 5.22. The van der Waals surface area contributed by atoms with Gasteiger partial charge in [-0.25, -0.2) is 0 Å². The normalized spacial score (nSPS) is 17.3. The van der Waals surface area contributed by atoms with Crippen LogP contribution in [0.5, 0.6) is 11.5 Å². The summed E-state index contributed by atoms with van der Waals surface area (Å²) in [6.45, 7) is 0. The van der Waals surface area contributed by atoms with Gasteiger partial charge < -0.3 is 0 Å². The van der Waals surface area contributed by atoms with E-state index in [9.17, 15) is 4.21 Å². The zero-order valence-electron chi connectivity index (χ0n) is 11.1. The van der Waals surface area contributed by atoms with Gasteiger partial charge in [0.25, 0.3) is 0 Å². The fourth-order valence-corrected chi connectivity index (χ4v) is 8.72. The predicted octanol–water partition coefficient (Wildman–Crippen LogP) is 0.901. The third kappa shape index (κ3) is 2.05. The third-order valence-corrected chi connectivity index (χ3v) is 9.50. The van der Waals surface area contributed by atoms with Crippen LogP contribution in [0.25, 0.3) is 0 Å². The summed E-state index contributed by atoms with van der Waals surface area (Å²) in [6.07, 6.45) is 0. The van der Waals surface area contributed by atoms with Crippen molar-refractivity contribution in [3.63, 3.8) is 0 Å². The second-order valence-electron chi connectivity index (χ2n) is 4.31. The van der Waals surface area contributed by atoms with Crippen LogP contribution in [0.1, 0.15) is 0 Å². The Morgan fingerprint density at radius 1 is 1.05 bits per heavy atom. The summed E-state index contributed by atoms with van der Waals surface area (Å²) in [7, 11) is 0.520. The van der Waals surface area contributed by atoms with Crippen molar-refractivity contribution in [2.24, 2.45) is 0 Å². The molecule has 0 saturated carbocycles. The number of hydrogen-bond acceptors (Lipinski definition) is 3. The average molecular weight is 356 g/mol. The van der Waals surface area contributed by atoms with Crippen molar-refractivity contribution in [3.05, 3.63) is 42.5 Å². The number of rotatable bonds is 3. The van der Waals surface area contributed by atoms with Crippen LogP contribution < -0.4 is 17.7 Å². The van der Waals surface area contributed by atoms with Crippen molar-refractivity contribution in [1.82, 2.24) is 3.74 Å². The second-order valence-corrected chi connectivity index (χ2v) is 9.14. The summed E-state index contributed by atoms with van der Waals surface area (Å²) >= 11 is -0.0443. The first kappa shape index (κ1) is 13.6. The number of nitrogens with one attached hydrogen (secondary N) is 1. The number of ether oxygens (including phenoxy) is 2. The van der Waals surface area contributed by atoms with E-state index in [0.29, 0.717) is 0 Å². The third-order valence-electron chi connectivity index (χ3n) is 3.23. The van der Waals surface area contributed by atoms with Gasteiger partial charge in [0.2, 0.25) is 0 Å². The summed E-state index contributed by atoms with van der Waals surface area (Å²) < 4.78 is 28.1. The van der Waals surface area contributed by atoms with Gasteiger partial charge in [-0.3, -0.25) is 0 Å². The van der Waals surface area contributed by atoms with Crippen LogP contribution in [0.15, 0.2) is 52.3 Å². The molecule has 0 amide bonds. The van der Waals surface area contributed by atoms with Gasteiger partial charge in [0.15, 0.2) is 0 Å². The zero-order valence-corrected chi connectivity index (χ0v) is 13.7. The molecule has 1 aliphatic heterocycles. The van der Waals surface area contributed by atoms with E-state index in [2.05, 4.69) is 3.74 Å². The van der Waals surface area contributed by atoms with Crippen molar-refractivity contribution in [3.8, 4) is 11.5 Å². The van der Waals surface area contributed by atoms with Gasteiger partial charge in [0.05, 0.1) is 0 Å². The van der Waals surface area contributed by atoms with Crippen LogP contribution in [-0.4, -0.2) is 33.6 Å². The molecular weight excluding hydrogens is 341 g/mol. The van der Waals surface area contributed by atoms with Crippen molar-refractivity contribution in [2.75, 3.05) is 14.2 Å². The summed E-state index contributed by atoms with van der Waals surface area (Å²) in [5.41, 5.74) is 0. The molecule has 2 aromatic rings. The molecule has 0 fully saturated rings. The molecule has 0 spiro atoms. The molecule has 6 heteroatoms. The molecule has 0 unspecified atom stereocenters. The molecule has 0 bridgehead atoms. The summed E-state index contributed by atoms with van der Waals surface area (Å²) in [5, 5.41) is 0. The van der Waals surface area contributed by atoms with Gasteiger partial charge in [-0.15, -0.1) is 0 Å². The van der Waals surface area contributed by atoms with Gasteiger partial charge in [-0.2, -0.15) is 0 Å². The molecule has 2 aromatic carbocycles. The standard InChI is InChI=1S/C14H15NO3SSe/c1-17-10-6-8-11(9-7-10)19(16)13-5-3-4-12(18-2)14(13)20-15-19/h3-9,19H,1-2H3,(H,15,16). The van der Waals surface area contributed by atoms with E-state index in [1.54, 1.807) is 14.2 Å². The van der Waals surface area contributed by atoms with E-state index in [4.69, 9.17) is 9.47 Å². The maximum absolute atomic E-state index is 13.3. The number of methoxy groups -OCH3 is 2. The summed E-state index contributed by atoms with van der Waals surface area (Å²) in [5.74, 6) is 1.57. The molecule has 0 radical (unpaired) electrons. The Morgan fingerprint density at radius 2 is 1.80 bits per heavy atom. The molecule has 0 saturated heterocycles. The molecule has 1 heterocycles. The number of thiol groups is 1. The van der Waals surface area contributed by atoms with E-state index in [1.165, 1.54) is 0 Å². The van der Waals surface area contributed by atoms with Crippen LogP contribution in [-0.2, 0) is 10.1 Å². The van der Waals surface area contributed by atoms with Gasteiger partial charge in [0, 0.05) is 0 Å². The van der Waals surface area contributed by atoms with Crippen molar-refractivity contribution in [2.45, 2.75) is 9.79 Å². The van der Waals surface area contributed by atoms with Crippen LogP contribution in [0.3, 0.4) is 0 Å². The average Bonchev–Trinajstić information content (AvgIpc) is 2.86. The molecule has 0 atom stereocenters. The van der Waals surface area contributed by atoms with Crippen LogP contribution in [0.4, 0.5) is 0 Å². The Bertz CT molecular complexity index is 687. The Hall–Kier alpha value is -1.33. The van der Waals surface area contributed by atoms with Crippen molar-refractivity contribution in [1.29, 1.82) is 0 Å². The van der Waals surface area contributed by atoms with Gasteiger partial charge in [-0.1, -0.05) is 0 Å². The molecular formula is C14H15NO3SSe. The van der Waals surface area contributed by atoms with Crippen LogP contribution >= 0.6 is 0 Å². The first-order valence-electron chi connectivity index (χ1n) is 6.05. The van der Waals surface area contributed by atoms with Gasteiger partial charge in [-0.05, 0) is 0 Å². The quantitative estimate of drug-likeness (QED) is 0.635. The van der Waals surface area contributed by atoms with E-state index >= 15 is 0 Å². The fraction of sp³-hybridized carbons (Fsp3) is 0.143. The van der Waals surface area contributed by atoms with E-state index in [1.807, 2.05) is 42.5 Å². The SMILES string of the molecule is COc1ccc([SH]2(=O)N[Se]c3c(OC)cccc32)cc1. The molecule has 4 nitrogen and oxygen atoms in total. The number of hydrogen-bond donors (Lipinski definition) is 2. The molecule has 3 rings (SSSR count). The maximum atomic E-state index is 13.3. The molecule has 20 heavy (non-hydrogen) atoms. The van der Waals surface area contributed by atoms with E-state index < -0.39 is 10.1 Å². The van der Waals surface area contributed by atoms with Gasteiger partial charge >= 0.3 is 125 Å². The number of benzene rings is 2. The first-order chi connectivity index (χ1) is 9.69. The molecule has 0 aromatic heterocycles. The monoisotopic (exact) mass is 357 g/mol.